The Morgan fingerprint density at radius 2 is 1.86 bits per heavy atom. The molecule has 0 aliphatic rings. The van der Waals surface area contributed by atoms with Gasteiger partial charge in [0.25, 0.3) is 0 Å². The third-order valence-electron chi connectivity index (χ3n) is 3.97. The van der Waals surface area contributed by atoms with Crippen molar-refractivity contribution in [1.29, 1.82) is 0 Å². The molecule has 0 bridgehead atoms. The van der Waals surface area contributed by atoms with Crippen LogP contribution in [0.3, 0.4) is 0 Å². The van der Waals surface area contributed by atoms with Crippen LogP contribution in [0.2, 0.25) is 0 Å². The van der Waals surface area contributed by atoms with Crippen molar-refractivity contribution in [2.24, 2.45) is 10.1 Å². The van der Waals surface area contributed by atoms with Gasteiger partial charge in [-0.25, -0.2) is 22.9 Å². The van der Waals surface area contributed by atoms with Crippen LogP contribution in [0, 0.1) is 5.82 Å². The van der Waals surface area contributed by atoms with Crippen molar-refractivity contribution >= 4 is 16.0 Å². The Labute approximate surface area is 171 Å². The summed E-state index contributed by atoms with van der Waals surface area (Å²) < 4.78 is 41.8. The monoisotopic (exact) mass is 422 g/mol. The lowest BCUT2D eigenvalue weighted by molar-refractivity contribution is 0.220. The van der Waals surface area contributed by atoms with Crippen LogP contribution in [-0.4, -0.2) is 40.1 Å². The van der Waals surface area contributed by atoms with E-state index in [1.54, 1.807) is 30.3 Å². The van der Waals surface area contributed by atoms with Crippen LogP contribution in [0.4, 0.5) is 4.39 Å². The first kappa shape index (κ1) is 22.6. The van der Waals surface area contributed by atoms with Crippen LogP contribution in [0.1, 0.15) is 19.4 Å². The first-order chi connectivity index (χ1) is 13.8. The number of nitrogens with two attached hydrogens (primary N) is 1. The minimum atomic E-state index is -3.68. The van der Waals surface area contributed by atoms with Crippen LogP contribution in [0.25, 0.3) is 0 Å². The Morgan fingerprint density at radius 3 is 2.48 bits per heavy atom. The average Bonchev–Trinajstić information content (AvgIpc) is 2.67. The number of nitrogens with one attached hydrogen (secondary N) is 2. The Hall–Kier alpha value is -2.65. The number of sulfonamides is 1. The minimum absolute atomic E-state index is 0.0907. The van der Waals surface area contributed by atoms with Gasteiger partial charge in [0, 0.05) is 13.1 Å². The lowest BCUT2D eigenvalue weighted by Gasteiger charge is -2.15. The zero-order valence-corrected chi connectivity index (χ0v) is 17.4. The van der Waals surface area contributed by atoms with E-state index in [9.17, 15) is 12.8 Å². The average molecular weight is 423 g/mol. The number of benzene rings is 2. The molecule has 2 aromatic carbocycles. The number of hydrogen-bond donors (Lipinski definition) is 3. The number of ether oxygens (including phenoxy) is 1. The van der Waals surface area contributed by atoms with E-state index in [0.717, 1.165) is 5.56 Å². The van der Waals surface area contributed by atoms with Gasteiger partial charge in [-0.1, -0.05) is 24.3 Å². The Kier molecular flexibility index (Phi) is 8.41. The lowest BCUT2D eigenvalue weighted by atomic mass is 10.1. The molecule has 29 heavy (non-hydrogen) atoms. The van der Waals surface area contributed by atoms with Crippen LogP contribution >= 0.6 is 0 Å². The van der Waals surface area contributed by atoms with Crippen molar-refractivity contribution in [1.82, 2.24) is 10.6 Å². The first-order valence-electron chi connectivity index (χ1n) is 9.34. The highest BCUT2D eigenvalue weighted by atomic mass is 32.2. The summed E-state index contributed by atoms with van der Waals surface area (Å²) in [6.07, 6.45) is 0.379. The van der Waals surface area contributed by atoms with Crippen molar-refractivity contribution in [3.05, 3.63) is 59.9 Å². The summed E-state index contributed by atoms with van der Waals surface area (Å²) in [7, 11) is -3.68. The van der Waals surface area contributed by atoms with Gasteiger partial charge in [0.2, 0.25) is 10.0 Å². The van der Waals surface area contributed by atoms with E-state index in [-0.39, 0.29) is 16.7 Å². The molecule has 0 spiro atoms. The standard InChI is InChI=1S/C20H27FN4O3S/c1-3-23-20(25-14-15(2)28-19-7-5-4-6-18(19)21)24-13-12-16-8-10-17(11-9-16)29(22,26)27/h4-11,15H,3,12-14H2,1-2H3,(H2,22,26,27)(H2,23,24,25). The minimum Gasteiger partial charge on any atom is -0.486 e. The van der Waals surface area contributed by atoms with Crippen LogP contribution in [0.15, 0.2) is 58.4 Å². The van der Waals surface area contributed by atoms with Gasteiger partial charge in [-0.2, -0.15) is 0 Å². The number of halogens is 1. The fraction of sp³-hybridized carbons (Fsp3) is 0.350. The molecule has 0 radical (unpaired) electrons. The second-order valence-electron chi connectivity index (χ2n) is 6.44. The molecule has 0 aromatic heterocycles. The maximum absolute atomic E-state index is 13.7. The van der Waals surface area contributed by atoms with Crippen molar-refractivity contribution in [3.8, 4) is 5.75 Å². The number of aliphatic imine (C=N–C) groups is 1. The Bertz CT molecular complexity index is 918. The number of para-hydroxylation sites is 1. The van der Waals surface area contributed by atoms with Crippen LogP contribution in [0.5, 0.6) is 5.75 Å². The Morgan fingerprint density at radius 1 is 1.17 bits per heavy atom. The number of primary sulfonamides is 1. The molecule has 1 atom stereocenters. The molecule has 1 unspecified atom stereocenters. The van der Waals surface area contributed by atoms with E-state index in [1.165, 1.54) is 18.2 Å². The zero-order chi connectivity index (χ0) is 21.3. The molecular weight excluding hydrogens is 395 g/mol. The SMILES string of the molecule is CCNC(=NCC(C)Oc1ccccc1F)NCCc1ccc(S(N)(=O)=O)cc1. The molecule has 0 saturated carbocycles. The number of nitrogens with zero attached hydrogens (tertiary/aromatic N) is 1. The molecule has 158 valence electrons. The maximum Gasteiger partial charge on any atom is 0.238 e. The molecule has 7 nitrogen and oxygen atoms in total. The summed E-state index contributed by atoms with van der Waals surface area (Å²) in [4.78, 5) is 4.56. The molecule has 4 N–H and O–H groups in total. The molecule has 0 fully saturated rings. The van der Waals surface area contributed by atoms with E-state index in [0.29, 0.717) is 32.0 Å². The van der Waals surface area contributed by atoms with Gasteiger partial charge in [-0.05, 0) is 50.1 Å². The van der Waals surface area contributed by atoms with Gasteiger partial charge >= 0.3 is 0 Å². The third kappa shape index (κ3) is 7.71. The van der Waals surface area contributed by atoms with Gasteiger partial charge in [-0.15, -0.1) is 0 Å². The number of hydrogen-bond acceptors (Lipinski definition) is 4. The van der Waals surface area contributed by atoms with E-state index in [4.69, 9.17) is 9.88 Å². The molecule has 2 aromatic rings. The van der Waals surface area contributed by atoms with Gasteiger partial charge in [0.1, 0.15) is 6.10 Å². The highest BCUT2D eigenvalue weighted by Gasteiger charge is 2.09. The van der Waals surface area contributed by atoms with Crippen molar-refractivity contribution in [3.63, 3.8) is 0 Å². The van der Waals surface area contributed by atoms with Gasteiger partial charge in [0.05, 0.1) is 11.4 Å². The van der Waals surface area contributed by atoms with Gasteiger partial charge < -0.3 is 15.4 Å². The zero-order valence-electron chi connectivity index (χ0n) is 16.6. The second kappa shape index (κ2) is 10.8. The molecule has 2 rings (SSSR count). The normalized spacial score (nSPS) is 13.0. The molecule has 0 aliphatic heterocycles. The summed E-state index contributed by atoms with van der Waals surface area (Å²) in [5.74, 6) is 0.426. The third-order valence-corrected chi connectivity index (χ3v) is 4.90. The predicted molar refractivity (Wildman–Crippen MR) is 112 cm³/mol. The summed E-state index contributed by atoms with van der Waals surface area (Å²) in [6.45, 7) is 5.43. The molecule has 0 amide bonds. The molecule has 9 heteroatoms. The summed E-state index contributed by atoms with van der Waals surface area (Å²) in [6, 6.07) is 12.7. The van der Waals surface area contributed by atoms with E-state index >= 15 is 0 Å². The largest absolute Gasteiger partial charge is 0.486 e. The number of guanidine groups is 1. The summed E-state index contributed by atoms with van der Waals surface area (Å²) in [5, 5.41) is 11.5. The molecule has 0 saturated heterocycles. The second-order valence-corrected chi connectivity index (χ2v) is 8.01. The van der Waals surface area contributed by atoms with Crippen LogP contribution in [-0.2, 0) is 16.4 Å². The molecular formula is C20H27FN4O3S. The lowest BCUT2D eigenvalue weighted by Crippen LogP contribution is -2.39. The molecule has 0 heterocycles. The van der Waals surface area contributed by atoms with E-state index in [2.05, 4.69) is 15.6 Å². The van der Waals surface area contributed by atoms with Crippen molar-refractivity contribution in [2.45, 2.75) is 31.3 Å². The maximum atomic E-state index is 13.7. The summed E-state index contributed by atoms with van der Waals surface area (Å²) >= 11 is 0. The van der Waals surface area contributed by atoms with Crippen molar-refractivity contribution < 1.29 is 17.5 Å². The predicted octanol–water partition coefficient (Wildman–Crippen LogP) is 2.04. The number of rotatable bonds is 9. The quantitative estimate of drug-likeness (QED) is 0.424. The highest BCUT2D eigenvalue weighted by molar-refractivity contribution is 7.89. The van der Waals surface area contributed by atoms with Gasteiger partial charge in [0.15, 0.2) is 17.5 Å². The van der Waals surface area contributed by atoms with Crippen LogP contribution < -0.4 is 20.5 Å². The van der Waals surface area contributed by atoms with E-state index < -0.39 is 15.8 Å². The Balaban J connectivity index is 1.86. The molecule has 0 aliphatic carbocycles. The van der Waals surface area contributed by atoms with Gasteiger partial charge in [-0.3, -0.25) is 0 Å². The first-order valence-corrected chi connectivity index (χ1v) is 10.9. The fourth-order valence-corrected chi connectivity index (χ4v) is 3.04. The van der Waals surface area contributed by atoms with E-state index in [1.807, 2.05) is 13.8 Å². The summed E-state index contributed by atoms with van der Waals surface area (Å²) in [5.41, 5.74) is 0.969. The fourth-order valence-electron chi connectivity index (χ4n) is 2.53. The van der Waals surface area contributed by atoms with Crippen molar-refractivity contribution in [2.75, 3.05) is 19.6 Å². The smallest absolute Gasteiger partial charge is 0.238 e. The highest BCUT2D eigenvalue weighted by Crippen LogP contribution is 2.17. The topological polar surface area (TPSA) is 106 Å².